The summed E-state index contributed by atoms with van der Waals surface area (Å²) < 4.78 is 9.51. The molecule has 0 aromatic carbocycles. The predicted octanol–water partition coefficient (Wildman–Crippen LogP) is 1.67. The van der Waals surface area contributed by atoms with Gasteiger partial charge in [0.15, 0.2) is 0 Å². The van der Waals surface area contributed by atoms with Gasteiger partial charge in [-0.3, -0.25) is 9.59 Å². The topological polar surface area (TPSA) is 52.6 Å². The van der Waals surface area contributed by atoms with Crippen molar-refractivity contribution in [1.29, 1.82) is 0 Å². The molecule has 0 aliphatic carbocycles. The summed E-state index contributed by atoms with van der Waals surface area (Å²) in [6.07, 6.45) is 6.03. The molecule has 0 aromatic heterocycles. The van der Waals surface area contributed by atoms with Gasteiger partial charge < -0.3 is 9.47 Å². The first kappa shape index (κ1) is 10.5. The van der Waals surface area contributed by atoms with Crippen LogP contribution in [0.3, 0.4) is 0 Å². The molecular formula is C10H12O4. The van der Waals surface area contributed by atoms with Gasteiger partial charge >= 0.3 is 11.9 Å². The Labute approximate surface area is 82.2 Å². The third kappa shape index (κ3) is 3.43. The molecule has 76 valence electrons. The van der Waals surface area contributed by atoms with E-state index in [1.165, 1.54) is 6.08 Å². The fraction of sp³-hybridized carbons (Fsp3) is 0.400. The van der Waals surface area contributed by atoms with Crippen LogP contribution in [0.4, 0.5) is 0 Å². The number of rotatable bonds is 2. The highest BCUT2D eigenvalue weighted by molar-refractivity contribution is 5.80. The van der Waals surface area contributed by atoms with Gasteiger partial charge in [0.05, 0.1) is 12.8 Å². The summed E-state index contributed by atoms with van der Waals surface area (Å²) in [5.41, 5.74) is 0. The van der Waals surface area contributed by atoms with Crippen molar-refractivity contribution in [3.8, 4) is 0 Å². The Kier molecular flexibility index (Phi) is 3.91. The maximum Gasteiger partial charge on any atom is 0.314 e. The lowest BCUT2D eigenvalue weighted by Gasteiger charge is -2.01. The molecule has 1 heterocycles. The summed E-state index contributed by atoms with van der Waals surface area (Å²) in [4.78, 5) is 21.9. The van der Waals surface area contributed by atoms with Crippen molar-refractivity contribution >= 4 is 11.9 Å². The van der Waals surface area contributed by atoms with Crippen molar-refractivity contribution in [3.05, 3.63) is 24.2 Å². The van der Waals surface area contributed by atoms with Gasteiger partial charge in [0.1, 0.15) is 0 Å². The van der Waals surface area contributed by atoms with Crippen molar-refractivity contribution in [3.63, 3.8) is 0 Å². The lowest BCUT2D eigenvalue weighted by molar-refractivity contribution is -0.147. The molecule has 1 saturated heterocycles. The summed E-state index contributed by atoms with van der Waals surface area (Å²) in [5, 5.41) is 0. The van der Waals surface area contributed by atoms with E-state index < -0.39 is 11.9 Å². The number of cyclic esters (lactones) is 2. The molecule has 0 radical (unpaired) electrons. The Hall–Kier alpha value is -1.58. The Morgan fingerprint density at radius 1 is 1.21 bits per heavy atom. The van der Waals surface area contributed by atoms with Crippen molar-refractivity contribution in [2.45, 2.75) is 26.2 Å². The van der Waals surface area contributed by atoms with Crippen LogP contribution in [0.1, 0.15) is 26.2 Å². The molecule has 0 aromatic rings. The maximum atomic E-state index is 11.0. The monoisotopic (exact) mass is 196 g/mol. The van der Waals surface area contributed by atoms with Crippen LogP contribution in [0.2, 0.25) is 0 Å². The molecule has 0 bridgehead atoms. The molecule has 0 atom stereocenters. The van der Waals surface area contributed by atoms with Crippen LogP contribution in [-0.2, 0) is 19.1 Å². The quantitative estimate of drug-likeness (QED) is 0.630. The number of hydrogen-bond acceptors (Lipinski definition) is 4. The number of hydrogen-bond donors (Lipinski definition) is 0. The lowest BCUT2D eigenvalue weighted by Crippen LogP contribution is -2.01. The predicted molar refractivity (Wildman–Crippen MR) is 48.9 cm³/mol. The summed E-state index contributed by atoms with van der Waals surface area (Å²) >= 11 is 0. The van der Waals surface area contributed by atoms with E-state index in [9.17, 15) is 9.59 Å². The molecule has 0 unspecified atom stereocenters. The highest BCUT2D eigenvalue weighted by Crippen LogP contribution is 2.11. The average Bonchev–Trinajstić information content (AvgIpc) is 2.29. The normalized spacial score (nSPS) is 17.6. The zero-order valence-corrected chi connectivity index (χ0v) is 7.99. The molecular weight excluding hydrogens is 184 g/mol. The van der Waals surface area contributed by atoms with Crippen LogP contribution in [-0.4, -0.2) is 11.9 Å². The second kappa shape index (κ2) is 5.21. The fourth-order valence-electron chi connectivity index (χ4n) is 0.902. The Morgan fingerprint density at radius 2 is 1.79 bits per heavy atom. The Bertz CT molecular complexity index is 268. The zero-order valence-electron chi connectivity index (χ0n) is 7.99. The van der Waals surface area contributed by atoms with Gasteiger partial charge in [-0.05, 0) is 6.42 Å². The van der Waals surface area contributed by atoms with E-state index in [2.05, 4.69) is 0 Å². The van der Waals surface area contributed by atoms with E-state index in [0.29, 0.717) is 0 Å². The first-order chi connectivity index (χ1) is 6.72. The van der Waals surface area contributed by atoms with Crippen LogP contribution in [0.5, 0.6) is 0 Å². The second-order valence-corrected chi connectivity index (χ2v) is 2.77. The number of esters is 2. The summed E-state index contributed by atoms with van der Waals surface area (Å²) in [6, 6.07) is 0. The van der Waals surface area contributed by atoms with Gasteiger partial charge in [-0.1, -0.05) is 19.1 Å². The first-order valence-electron chi connectivity index (χ1n) is 4.50. The molecule has 1 aliphatic rings. The number of ether oxygens (including phenoxy) is 2. The van der Waals surface area contributed by atoms with E-state index >= 15 is 0 Å². The molecule has 14 heavy (non-hydrogen) atoms. The maximum absolute atomic E-state index is 11.0. The minimum Gasteiger partial charge on any atom is -0.392 e. The van der Waals surface area contributed by atoms with Gasteiger partial charge in [0.2, 0.25) is 0 Å². The number of carbonyl (C=O) groups is 2. The molecule has 0 saturated carbocycles. The van der Waals surface area contributed by atoms with Gasteiger partial charge in [0.25, 0.3) is 5.95 Å². The molecule has 1 rings (SSSR count). The van der Waals surface area contributed by atoms with E-state index in [4.69, 9.17) is 9.47 Å². The van der Waals surface area contributed by atoms with E-state index in [-0.39, 0.29) is 18.8 Å². The highest BCUT2D eigenvalue weighted by atomic mass is 16.7. The van der Waals surface area contributed by atoms with Crippen molar-refractivity contribution in [2.75, 3.05) is 0 Å². The number of allylic oxidation sites excluding steroid dienone is 3. The molecule has 0 spiro atoms. The zero-order chi connectivity index (χ0) is 10.4. The van der Waals surface area contributed by atoms with E-state index in [1.54, 1.807) is 6.08 Å². The summed E-state index contributed by atoms with van der Waals surface area (Å²) in [6.45, 7) is 1.97. The molecule has 0 N–H and O–H groups in total. The third-order valence-corrected chi connectivity index (χ3v) is 1.57. The van der Waals surface area contributed by atoms with Crippen molar-refractivity contribution < 1.29 is 19.1 Å². The van der Waals surface area contributed by atoms with Crippen LogP contribution in [0, 0.1) is 0 Å². The molecule has 4 heteroatoms. The SMILES string of the molecule is CC/C=C/C=C1OC(=O)CCC(=O)O1. The largest absolute Gasteiger partial charge is 0.392 e. The van der Waals surface area contributed by atoms with Gasteiger partial charge in [-0.25, -0.2) is 0 Å². The smallest absolute Gasteiger partial charge is 0.314 e. The average molecular weight is 196 g/mol. The second-order valence-electron chi connectivity index (χ2n) is 2.77. The minimum absolute atomic E-state index is 0.0396. The fourth-order valence-corrected chi connectivity index (χ4v) is 0.902. The lowest BCUT2D eigenvalue weighted by atomic mass is 10.3. The van der Waals surface area contributed by atoms with Gasteiger partial charge in [-0.15, -0.1) is 0 Å². The Morgan fingerprint density at radius 3 is 2.29 bits per heavy atom. The summed E-state index contributed by atoms with van der Waals surface area (Å²) in [7, 11) is 0. The van der Waals surface area contributed by atoms with E-state index in [1.807, 2.05) is 13.0 Å². The first-order valence-corrected chi connectivity index (χ1v) is 4.50. The molecule has 1 aliphatic heterocycles. The van der Waals surface area contributed by atoms with Gasteiger partial charge in [0, 0.05) is 6.08 Å². The standard InChI is InChI=1S/C10H12O4/c1-2-3-4-5-10-13-8(11)6-7-9(12)14-10/h3-5H,2,6-7H2,1H3/b4-3+. The highest BCUT2D eigenvalue weighted by Gasteiger charge is 2.18. The molecule has 1 fully saturated rings. The van der Waals surface area contributed by atoms with E-state index in [0.717, 1.165) is 6.42 Å². The Balaban J connectivity index is 2.66. The van der Waals surface area contributed by atoms with Crippen molar-refractivity contribution in [1.82, 2.24) is 0 Å². The molecule has 4 nitrogen and oxygen atoms in total. The van der Waals surface area contributed by atoms with Crippen LogP contribution in [0.25, 0.3) is 0 Å². The van der Waals surface area contributed by atoms with Crippen LogP contribution < -0.4 is 0 Å². The molecule has 0 amide bonds. The van der Waals surface area contributed by atoms with Crippen LogP contribution >= 0.6 is 0 Å². The van der Waals surface area contributed by atoms with Gasteiger partial charge in [-0.2, -0.15) is 0 Å². The third-order valence-electron chi connectivity index (χ3n) is 1.57. The minimum atomic E-state index is -0.438. The summed E-state index contributed by atoms with van der Waals surface area (Å²) in [5.74, 6) is -0.916. The van der Waals surface area contributed by atoms with Crippen LogP contribution in [0.15, 0.2) is 24.2 Å². The number of carbonyl (C=O) groups excluding carboxylic acids is 2. The van der Waals surface area contributed by atoms with Crippen molar-refractivity contribution in [2.24, 2.45) is 0 Å².